The number of carbonyl (C=O) groups is 1. The normalized spacial score (nSPS) is 10.8. The average molecular weight is 379 g/mol. The minimum absolute atomic E-state index is 0.113. The minimum Gasteiger partial charge on any atom is -0.494 e. The number of nitrogens with one attached hydrogen (secondary N) is 1. The molecule has 0 bridgehead atoms. The number of benzene rings is 2. The topological polar surface area (TPSA) is 75.3 Å². The highest BCUT2D eigenvalue weighted by Gasteiger charge is 2.16. The summed E-state index contributed by atoms with van der Waals surface area (Å²) in [6.45, 7) is 5.43. The third-order valence-electron chi connectivity index (χ3n) is 4.54. The Balaban J connectivity index is 1.74. The van der Waals surface area contributed by atoms with E-state index in [1.807, 2.05) is 25.1 Å². The first-order valence-electron chi connectivity index (χ1n) is 9.62. The van der Waals surface area contributed by atoms with Crippen LogP contribution in [0.3, 0.4) is 0 Å². The number of ether oxygens (including phenoxy) is 1. The van der Waals surface area contributed by atoms with E-state index >= 15 is 0 Å². The van der Waals surface area contributed by atoms with Crippen LogP contribution in [0.25, 0.3) is 10.9 Å². The van der Waals surface area contributed by atoms with Gasteiger partial charge in [-0.1, -0.05) is 25.5 Å². The maximum absolute atomic E-state index is 12.9. The van der Waals surface area contributed by atoms with E-state index in [9.17, 15) is 9.59 Å². The van der Waals surface area contributed by atoms with Gasteiger partial charge in [-0.2, -0.15) is 0 Å². The number of amides is 1. The highest BCUT2D eigenvalue weighted by Crippen LogP contribution is 2.15. The van der Waals surface area contributed by atoms with Crippen molar-refractivity contribution in [2.24, 2.45) is 0 Å². The molecule has 6 nitrogen and oxygen atoms in total. The quantitative estimate of drug-likeness (QED) is 0.605. The molecule has 146 valence electrons. The molecule has 0 fully saturated rings. The molecular formula is C22H25N3O3. The standard InChI is InChI=1S/C22H25N3O3/c1-3-5-14-28-17-12-10-16(11-13-17)22(27)25(4-2)15-20-23-19-9-7-6-8-18(19)21(26)24-20/h6-13H,3-5,14-15H2,1-2H3,(H,23,24,26). The zero-order chi connectivity index (χ0) is 19.9. The van der Waals surface area contributed by atoms with E-state index in [1.165, 1.54) is 0 Å². The number of fused-ring (bicyclic) bond motifs is 1. The monoisotopic (exact) mass is 379 g/mol. The van der Waals surface area contributed by atoms with Gasteiger partial charge in [0.05, 0.1) is 24.1 Å². The second-order valence-electron chi connectivity index (χ2n) is 6.58. The Morgan fingerprint density at radius 2 is 1.86 bits per heavy atom. The maximum atomic E-state index is 12.9. The van der Waals surface area contributed by atoms with Gasteiger partial charge >= 0.3 is 0 Å². The van der Waals surface area contributed by atoms with Crippen LogP contribution in [-0.2, 0) is 6.54 Å². The molecule has 3 aromatic rings. The number of aromatic nitrogens is 2. The Labute approximate surface area is 164 Å². The van der Waals surface area contributed by atoms with Gasteiger partial charge in [0.1, 0.15) is 11.6 Å². The molecule has 0 unspecified atom stereocenters. The number of unbranched alkanes of at least 4 members (excludes halogenated alkanes) is 1. The molecule has 1 amide bonds. The summed E-state index contributed by atoms with van der Waals surface area (Å²) in [4.78, 5) is 34.0. The van der Waals surface area contributed by atoms with Gasteiger partial charge in [0.25, 0.3) is 11.5 Å². The van der Waals surface area contributed by atoms with Crippen LogP contribution in [-0.4, -0.2) is 33.9 Å². The average Bonchev–Trinajstić information content (AvgIpc) is 2.72. The zero-order valence-corrected chi connectivity index (χ0v) is 16.3. The molecule has 0 saturated heterocycles. The van der Waals surface area contributed by atoms with Gasteiger partial charge in [0.15, 0.2) is 0 Å². The van der Waals surface area contributed by atoms with Crippen LogP contribution in [0.5, 0.6) is 5.75 Å². The lowest BCUT2D eigenvalue weighted by atomic mass is 10.2. The van der Waals surface area contributed by atoms with Crippen molar-refractivity contribution in [1.29, 1.82) is 0 Å². The molecule has 0 aliphatic carbocycles. The largest absolute Gasteiger partial charge is 0.494 e. The first kappa shape index (κ1) is 19.6. The third kappa shape index (κ3) is 4.57. The minimum atomic E-state index is -0.197. The number of hydrogen-bond acceptors (Lipinski definition) is 4. The van der Waals surface area contributed by atoms with Gasteiger partial charge in [-0.15, -0.1) is 0 Å². The molecule has 0 saturated carbocycles. The molecule has 0 spiro atoms. The van der Waals surface area contributed by atoms with Crippen molar-refractivity contribution in [3.63, 3.8) is 0 Å². The van der Waals surface area contributed by atoms with E-state index < -0.39 is 0 Å². The first-order valence-corrected chi connectivity index (χ1v) is 9.62. The molecule has 0 aliphatic rings. The lowest BCUT2D eigenvalue weighted by Crippen LogP contribution is -2.31. The van der Waals surface area contributed by atoms with Gasteiger partial charge in [0.2, 0.25) is 0 Å². The fourth-order valence-electron chi connectivity index (χ4n) is 2.93. The smallest absolute Gasteiger partial charge is 0.258 e. The summed E-state index contributed by atoms with van der Waals surface area (Å²) in [6, 6.07) is 14.3. The number of H-pyrrole nitrogens is 1. The predicted molar refractivity (Wildman–Crippen MR) is 110 cm³/mol. The number of hydrogen-bond donors (Lipinski definition) is 1. The van der Waals surface area contributed by atoms with Gasteiger partial charge in [-0.05, 0) is 49.7 Å². The van der Waals surface area contributed by atoms with Crippen molar-refractivity contribution in [3.8, 4) is 5.75 Å². The van der Waals surface area contributed by atoms with E-state index in [-0.39, 0.29) is 18.0 Å². The molecule has 0 radical (unpaired) electrons. The van der Waals surface area contributed by atoms with Gasteiger partial charge < -0.3 is 14.6 Å². The molecular weight excluding hydrogens is 354 g/mol. The van der Waals surface area contributed by atoms with Gasteiger partial charge in [0, 0.05) is 12.1 Å². The van der Waals surface area contributed by atoms with Gasteiger partial charge in [-0.25, -0.2) is 4.98 Å². The van der Waals surface area contributed by atoms with Crippen LogP contribution in [0.1, 0.15) is 42.9 Å². The summed E-state index contributed by atoms with van der Waals surface area (Å²) in [5.41, 5.74) is 1.00. The second kappa shape index (κ2) is 9.17. The van der Waals surface area contributed by atoms with Crippen molar-refractivity contribution < 1.29 is 9.53 Å². The summed E-state index contributed by atoms with van der Waals surface area (Å²) < 4.78 is 5.64. The van der Waals surface area contributed by atoms with Crippen LogP contribution >= 0.6 is 0 Å². The fraction of sp³-hybridized carbons (Fsp3) is 0.318. The summed E-state index contributed by atoms with van der Waals surface area (Å²) in [5.74, 6) is 1.12. The lowest BCUT2D eigenvalue weighted by molar-refractivity contribution is 0.0748. The SMILES string of the molecule is CCCCOc1ccc(C(=O)N(CC)Cc2nc3ccccc3c(=O)[nH]2)cc1. The molecule has 0 atom stereocenters. The Morgan fingerprint density at radius 3 is 2.57 bits per heavy atom. The van der Waals surface area contributed by atoms with Crippen molar-refractivity contribution in [1.82, 2.24) is 14.9 Å². The van der Waals surface area contributed by atoms with E-state index in [0.29, 0.717) is 35.4 Å². The molecule has 3 rings (SSSR count). The summed E-state index contributed by atoms with van der Waals surface area (Å²) in [6.07, 6.45) is 2.08. The number of para-hydroxylation sites is 1. The van der Waals surface area contributed by atoms with Crippen molar-refractivity contribution in [2.75, 3.05) is 13.2 Å². The predicted octanol–water partition coefficient (Wildman–Crippen LogP) is 3.76. The lowest BCUT2D eigenvalue weighted by Gasteiger charge is -2.20. The summed E-state index contributed by atoms with van der Waals surface area (Å²) in [7, 11) is 0. The number of aromatic amines is 1. The molecule has 28 heavy (non-hydrogen) atoms. The highest BCUT2D eigenvalue weighted by atomic mass is 16.5. The van der Waals surface area contributed by atoms with Crippen molar-refractivity contribution in [2.45, 2.75) is 33.2 Å². The Hall–Kier alpha value is -3.15. The fourth-order valence-corrected chi connectivity index (χ4v) is 2.93. The van der Waals surface area contributed by atoms with Crippen molar-refractivity contribution >= 4 is 16.8 Å². The second-order valence-corrected chi connectivity index (χ2v) is 6.58. The van der Waals surface area contributed by atoms with Crippen LogP contribution in [0.2, 0.25) is 0 Å². The molecule has 0 aliphatic heterocycles. The maximum Gasteiger partial charge on any atom is 0.258 e. The Bertz CT molecular complexity index is 996. The van der Waals surface area contributed by atoms with E-state index in [0.717, 1.165) is 18.6 Å². The highest BCUT2D eigenvalue weighted by molar-refractivity contribution is 5.94. The third-order valence-corrected chi connectivity index (χ3v) is 4.54. The molecule has 1 N–H and O–H groups in total. The van der Waals surface area contributed by atoms with Crippen LogP contribution in [0.4, 0.5) is 0 Å². The number of carbonyl (C=O) groups excluding carboxylic acids is 1. The van der Waals surface area contributed by atoms with Crippen molar-refractivity contribution in [3.05, 3.63) is 70.3 Å². The van der Waals surface area contributed by atoms with E-state index in [2.05, 4.69) is 16.9 Å². The first-order chi connectivity index (χ1) is 13.6. The molecule has 6 heteroatoms. The molecule has 1 heterocycles. The number of nitrogens with zero attached hydrogens (tertiary/aromatic N) is 2. The number of rotatable bonds is 8. The van der Waals surface area contributed by atoms with Crippen LogP contribution < -0.4 is 10.3 Å². The van der Waals surface area contributed by atoms with Crippen LogP contribution in [0.15, 0.2) is 53.3 Å². The van der Waals surface area contributed by atoms with E-state index in [1.54, 1.807) is 35.2 Å². The Kier molecular flexibility index (Phi) is 6.42. The van der Waals surface area contributed by atoms with Gasteiger partial charge in [-0.3, -0.25) is 9.59 Å². The zero-order valence-electron chi connectivity index (χ0n) is 16.3. The van der Waals surface area contributed by atoms with Crippen LogP contribution in [0, 0.1) is 0 Å². The summed E-state index contributed by atoms with van der Waals surface area (Å²) in [5, 5.41) is 0.541. The summed E-state index contributed by atoms with van der Waals surface area (Å²) >= 11 is 0. The molecule has 1 aromatic heterocycles. The Morgan fingerprint density at radius 1 is 1.11 bits per heavy atom. The molecule has 2 aromatic carbocycles. The van der Waals surface area contributed by atoms with E-state index in [4.69, 9.17) is 4.74 Å².